The van der Waals surface area contributed by atoms with Gasteiger partial charge in [-0.1, -0.05) is 24.6 Å². The number of aromatic nitrogens is 3. The molecule has 0 radical (unpaired) electrons. The maximum absolute atomic E-state index is 12.6. The third-order valence-electron chi connectivity index (χ3n) is 5.56. The number of hydrogen-bond donors (Lipinski definition) is 1. The maximum Gasteiger partial charge on any atom is 0.251 e. The molecule has 0 unspecified atom stereocenters. The van der Waals surface area contributed by atoms with Crippen molar-refractivity contribution in [2.75, 3.05) is 33.1 Å². The van der Waals surface area contributed by atoms with E-state index in [2.05, 4.69) is 20.1 Å². The summed E-state index contributed by atoms with van der Waals surface area (Å²) in [6, 6.07) is 3.90. The van der Waals surface area contributed by atoms with Crippen molar-refractivity contribution in [2.45, 2.75) is 49.7 Å². The molecule has 9 heteroatoms. The first kappa shape index (κ1) is 20.8. The molecule has 0 spiro atoms. The first-order chi connectivity index (χ1) is 14.7. The summed E-state index contributed by atoms with van der Waals surface area (Å²) in [5, 5.41) is 12.7. The topological polar surface area (TPSA) is 87.5 Å². The van der Waals surface area contributed by atoms with E-state index in [1.807, 2.05) is 6.26 Å². The minimum absolute atomic E-state index is 0.160. The number of thioether (sulfide) groups is 1. The van der Waals surface area contributed by atoms with E-state index in [4.69, 9.17) is 14.2 Å². The van der Waals surface area contributed by atoms with E-state index >= 15 is 0 Å². The van der Waals surface area contributed by atoms with Crippen LogP contribution < -0.4 is 19.5 Å². The van der Waals surface area contributed by atoms with Crippen LogP contribution in [0.2, 0.25) is 0 Å². The van der Waals surface area contributed by atoms with Gasteiger partial charge in [0.15, 0.2) is 16.7 Å². The van der Waals surface area contributed by atoms with E-state index in [0.29, 0.717) is 48.6 Å². The molecule has 2 aromatic rings. The summed E-state index contributed by atoms with van der Waals surface area (Å²) in [7, 11) is 1.55. The summed E-state index contributed by atoms with van der Waals surface area (Å²) in [4.78, 5) is 12.6. The zero-order valence-corrected chi connectivity index (χ0v) is 18.3. The van der Waals surface area contributed by atoms with Crippen molar-refractivity contribution in [3.05, 3.63) is 23.5 Å². The lowest BCUT2D eigenvalue weighted by molar-refractivity contribution is 0.0951. The lowest BCUT2D eigenvalue weighted by Gasteiger charge is -2.21. The van der Waals surface area contributed by atoms with Gasteiger partial charge in [0.05, 0.1) is 7.11 Å². The molecule has 1 fully saturated rings. The molecule has 2 aliphatic rings. The van der Waals surface area contributed by atoms with Crippen LogP contribution in [-0.2, 0) is 6.42 Å². The summed E-state index contributed by atoms with van der Waals surface area (Å²) < 4.78 is 18.9. The van der Waals surface area contributed by atoms with Gasteiger partial charge in [-0.15, -0.1) is 10.2 Å². The Bertz CT molecular complexity index is 878. The summed E-state index contributed by atoms with van der Waals surface area (Å²) >= 11 is 1.64. The predicted octanol–water partition coefficient (Wildman–Crippen LogP) is 3.26. The molecule has 4 rings (SSSR count). The summed E-state index contributed by atoms with van der Waals surface area (Å²) in [5.74, 6) is 2.46. The summed E-state index contributed by atoms with van der Waals surface area (Å²) in [5.41, 5.74) is 0.495. The van der Waals surface area contributed by atoms with Gasteiger partial charge in [0.1, 0.15) is 19.0 Å². The molecule has 30 heavy (non-hydrogen) atoms. The van der Waals surface area contributed by atoms with E-state index in [0.717, 1.165) is 23.8 Å². The first-order valence-electron chi connectivity index (χ1n) is 10.4. The standard InChI is InChI=1S/C21H28N4O4S/c1-27-16-12-14(13-17-19(16)29-11-10-28-17)20(26)22-9-5-8-18-23-24-21(30-2)25(18)15-6-3-4-7-15/h12-13,15H,3-11H2,1-2H3,(H,22,26). The molecule has 1 aliphatic carbocycles. The third-order valence-corrected chi connectivity index (χ3v) is 6.20. The van der Waals surface area contributed by atoms with Crippen LogP contribution in [0.3, 0.4) is 0 Å². The molecule has 2 heterocycles. The van der Waals surface area contributed by atoms with Crippen molar-refractivity contribution >= 4 is 17.7 Å². The molecule has 0 bridgehead atoms. The Morgan fingerprint density at radius 1 is 1.27 bits per heavy atom. The minimum Gasteiger partial charge on any atom is -0.493 e. The highest BCUT2D eigenvalue weighted by molar-refractivity contribution is 7.98. The number of amides is 1. The normalized spacial score (nSPS) is 15.9. The van der Waals surface area contributed by atoms with E-state index in [1.54, 1.807) is 31.0 Å². The quantitative estimate of drug-likeness (QED) is 0.506. The van der Waals surface area contributed by atoms with Crippen LogP contribution in [-0.4, -0.2) is 53.8 Å². The number of benzene rings is 1. The lowest BCUT2D eigenvalue weighted by atomic mass is 10.1. The molecule has 0 saturated heterocycles. The van der Waals surface area contributed by atoms with E-state index in [9.17, 15) is 4.79 Å². The van der Waals surface area contributed by atoms with Gasteiger partial charge in [-0.05, 0) is 37.7 Å². The molecule has 162 valence electrons. The average molecular weight is 433 g/mol. The third kappa shape index (κ3) is 4.35. The molecular formula is C21H28N4O4S. The largest absolute Gasteiger partial charge is 0.493 e. The Balaban J connectivity index is 1.35. The van der Waals surface area contributed by atoms with Gasteiger partial charge in [-0.2, -0.15) is 0 Å². The number of aryl methyl sites for hydroxylation is 1. The first-order valence-corrected chi connectivity index (χ1v) is 11.7. The second-order valence-corrected chi connectivity index (χ2v) is 8.25. The van der Waals surface area contributed by atoms with Crippen molar-refractivity contribution in [3.63, 3.8) is 0 Å². The maximum atomic E-state index is 12.6. The SMILES string of the molecule is COc1cc(C(=O)NCCCc2nnc(SC)n2C2CCCC2)cc2c1OCCO2. The fourth-order valence-electron chi connectivity index (χ4n) is 4.10. The number of nitrogens with one attached hydrogen (secondary N) is 1. The van der Waals surface area contributed by atoms with E-state index < -0.39 is 0 Å². The Kier molecular flexibility index (Phi) is 6.66. The molecule has 0 atom stereocenters. The van der Waals surface area contributed by atoms with Crippen LogP contribution in [0.4, 0.5) is 0 Å². The zero-order valence-electron chi connectivity index (χ0n) is 17.5. The van der Waals surface area contributed by atoms with Crippen molar-refractivity contribution < 1.29 is 19.0 Å². The molecule has 8 nitrogen and oxygen atoms in total. The Hall–Kier alpha value is -2.42. The van der Waals surface area contributed by atoms with Gasteiger partial charge >= 0.3 is 0 Å². The Morgan fingerprint density at radius 2 is 2.07 bits per heavy atom. The number of carbonyl (C=O) groups excluding carboxylic acids is 1. The monoisotopic (exact) mass is 432 g/mol. The van der Waals surface area contributed by atoms with Crippen LogP contribution >= 0.6 is 11.8 Å². The van der Waals surface area contributed by atoms with Crippen molar-refractivity contribution in [1.82, 2.24) is 20.1 Å². The molecule has 1 aromatic heterocycles. The molecule has 1 amide bonds. The average Bonchev–Trinajstić information content (AvgIpc) is 3.45. The number of nitrogens with zero attached hydrogens (tertiary/aromatic N) is 3. The highest BCUT2D eigenvalue weighted by Gasteiger charge is 2.24. The van der Waals surface area contributed by atoms with Crippen molar-refractivity contribution in [3.8, 4) is 17.2 Å². The van der Waals surface area contributed by atoms with Crippen molar-refractivity contribution in [1.29, 1.82) is 0 Å². The fraction of sp³-hybridized carbons (Fsp3) is 0.571. The van der Waals surface area contributed by atoms with Gasteiger partial charge in [0.2, 0.25) is 5.75 Å². The van der Waals surface area contributed by atoms with Gasteiger partial charge in [-0.25, -0.2) is 0 Å². The molecule has 1 aliphatic heterocycles. The molecule has 1 saturated carbocycles. The zero-order chi connectivity index (χ0) is 20.9. The second kappa shape index (κ2) is 9.59. The number of rotatable bonds is 8. The van der Waals surface area contributed by atoms with Crippen LogP contribution in [0.15, 0.2) is 17.3 Å². The number of hydrogen-bond acceptors (Lipinski definition) is 7. The van der Waals surface area contributed by atoms with Gasteiger partial charge in [0, 0.05) is 24.6 Å². The Morgan fingerprint density at radius 3 is 2.83 bits per heavy atom. The number of ether oxygens (including phenoxy) is 3. The second-order valence-electron chi connectivity index (χ2n) is 7.47. The minimum atomic E-state index is -0.160. The Labute approximate surface area is 180 Å². The highest BCUT2D eigenvalue weighted by atomic mass is 32.2. The number of fused-ring (bicyclic) bond motifs is 1. The smallest absolute Gasteiger partial charge is 0.251 e. The highest BCUT2D eigenvalue weighted by Crippen LogP contribution is 2.40. The van der Waals surface area contributed by atoms with Gasteiger partial charge in [0.25, 0.3) is 5.91 Å². The van der Waals surface area contributed by atoms with E-state index in [1.165, 1.54) is 25.7 Å². The number of carbonyl (C=O) groups is 1. The van der Waals surface area contributed by atoms with Gasteiger partial charge < -0.3 is 24.1 Å². The van der Waals surface area contributed by atoms with Gasteiger partial charge in [-0.3, -0.25) is 4.79 Å². The van der Waals surface area contributed by atoms with Crippen LogP contribution in [0.1, 0.15) is 54.3 Å². The fourth-order valence-corrected chi connectivity index (χ4v) is 4.67. The van der Waals surface area contributed by atoms with Crippen LogP contribution in [0, 0.1) is 0 Å². The van der Waals surface area contributed by atoms with E-state index in [-0.39, 0.29) is 5.91 Å². The lowest BCUT2D eigenvalue weighted by Crippen LogP contribution is -2.25. The molecule has 1 N–H and O–H groups in total. The van der Waals surface area contributed by atoms with Crippen molar-refractivity contribution in [2.24, 2.45) is 0 Å². The molecule has 1 aromatic carbocycles. The predicted molar refractivity (Wildman–Crippen MR) is 114 cm³/mol. The van der Waals surface area contributed by atoms with Crippen LogP contribution in [0.5, 0.6) is 17.2 Å². The summed E-state index contributed by atoms with van der Waals surface area (Å²) in [6.07, 6.45) is 8.56. The van der Waals surface area contributed by atoms with Crippen LogP contribution in [0.25, 0.3) is 0 Å². The number of methoxy groups -OCH3 is 1. The summed E-state index contributed by atoms with van der Waals surface area (Å²) in [6.45, 7) is 1.49. The molecular weight excluding hydrogens is 404 g/mol.